The minimum Gasteiger partial charge on any atom is -0.492 e. The molecule has 0 bridgehead atoms. The second-order valence-electron chi connectivity index (χ2n) is 6.09. The third-order valence-electron chi connectivity index (χ3n) is 4.50. The van der Waals surface area contributed by atoms with Crippen molar-refractivity contribution in [2.24, 2.45) is 11.7 Å². The van der Waals surface area contributed by atoms with Gasteiger partial charge in [-0.1, -0.05) is 41.9 Å². The van der Waals surface area contributed by atoms with Crippen molar-refractivity contribution in [2.45, 2.75) is 12.3 Å². The fourth-order valence-electron chi connectivity index (χ4n) is 3.25. The molecule has 4 nitrogen and oxygen atoms in total. The number of rotatable bonds is 5. The van der Waals surface area contributed by atoms with Gasteiger partial charge >= 0.3 is 0 Å². The van der Waals surface area contributed by atoms with Crippen LogP contribution >= 0.6 is 11.6 Å². The van der Waals surface area contributed by atoms with Gasteiger partial charge in [0.1, 0.15) is 5.75 Å². The Labute approximate surface area is 147 Å². The van der Waals surface area contributed by atoms with Crippen LogP contribution in [0.4, 0.5) is 0 Å². The summed E-state index contributed by atoms with van der Waals surface area (Å²) in [6.45, 7) is 2.41. The highest BCUT2D eigenvalue weighted by molar-refractivity contribution is 6.31. The largest absolute Gasteiger partial charge is 0.492 e. The average Bonchev–Trinajstić information content (AvgIpc) is 2.61. The van der Waals surface area contributed by atoms with Crippen LogP contribution in [0.5, 0.6) is 5.75 Å². The number of primary amides is 1. The van der Waals surface area contributed by atoms with Crippen molar-refractivity contribution >= 4 is 17.5 Å². The molecule has 3 N–H and O–H groups in total. The molecule has 1 fully saturated rings. The lowest BCUT2D eigenvalue weighted by atomic mass is 9.81. The van der Waals surface area contributed by atoms with E-state index in [2.05, 4.69) is 29.6 Å². The first-order valence-electron chi connectivity index (χ1n) is 8.13. The van der Waals surface area contributed by atoms with Crippen LogP contribution < -0.4 is 15.8 Å². The predicted octanol–water partition coefficient (Wildman–Crippen LogP) is 3.21. The Balaban J connectivity index is 1.74. The Hall–Kier alpha value is -2.04. The van der Waals surface area contributed by atoms with Gasteiger partial charge in [0.25, 0.3) is 5.91 Å². The van der Waals surface area contributed by atoms with E-state index in [1.165, 1.54) is 5.56 Å². The molecular formula is C19H21ClN2O2. The summed E-state index contributed by atoms with van der Waals surface area (Å²) in [5.74, 6) is 0.729. The van der Waals surface area contributed by atoms with Gasteiger partial charge < -0.3 is 15.8 Å². The van der Waals surface area contributed by atoms with Gasteiger partial charge in [-0.2, -0.15) is 0 Å². The lowest BCUT2D eigenvalue weighted by molar-refractivity contribution is 0.0994. The minimum atomic E-state index is -0.533. The molecule has 0 spiro atoms. The van der Waals surface area contributed by atoms with Crippen LogP contribution in [-0.2, 0) is 0 Å². The first-order valence-corrected chi connectivity index (χ1v) is 8.51. The maximum atomic E-state index is 11.6. The average molecular weight is 345 g/mol. The summed E-state index contributed by atoms with van der Waals surface area (Å²) in [6, 6.07) is 15.5. The molecule has 1 heterocycles. The van der Waals surface area contributed by atoms with E-state index in [0.717, 1.165) is 19.5 Å². The van der Waals surface area contributed by atoms with Crippen molar-refractivity contribution in [2.75, 3.05) is 19.7 Å². The Morgan fingerprint density at radius 2 is 2.04 bits per heavy atom. The Morgan fingerprint density at radius 1 is 1.25 bits per heavy atom. The zero-order valence-electron chi connectivity index (χ0n) is 13.4. The van der Waals surface area contributed by atoms with Gasteiger partial charge in [-0.3, -0.25) is 4.79 Å². The Kier molecular flexibility index (Phi) is 5.38. The van der Waals surface area contributed by atoms with Crippen molar-refractivity contribution < 1.29 is 9.53 Å². The molecule has 5 heteroatoms. The topological polar surface area (TPSA) is 64.4 Å². The number of carbonyl (C=O) groups excluding carboxylic acids is 1. The van der Waals surface area contributed by atoms with Gasteiger partial charge in [0.15, 0.2) is 0 Å². The van der Waals surface area contributed by atoms with E-state index in [0.29, 0.717) is 34.8 Å². The SMILES string of the molecule is NC(=O)c1cc(Cl)ccc1OC[C@@H]1CNCC[C@H]1c1ccccc1. The van der Waals surface area contributed by atoms with Crippen LogP contribution in [0.15, 0.2) is 48.5 Å². The first-order chi connectivity index (χ1) is 11.6. The number of halogens is 1. The molecule has 1 saturated heterocycles. The van der Waals surface area contributed by atoms with Crippen LogP contribution in [0.2, 0.25) is 5.02 Å². The molecule has 0 unspecified atom stereocenters. The van der Waals surface area contributed by atoms with Crippen LogP contribution in [0.1, 0.15) is 28.3 Å². The van der Waals surface area contributed by atoms with Crippen molar-refractivity contribution in [3.8, 4) is 5.75 Å². The molecule has 0 aromatic heterocycles. The smallest absolute Gasteiger partial charge is 0.252 e. The van der Waals surface area contributed by atoms with E-state index < -0.39 is 5.91 Å². The van der Waals surface area contributed by atoms with E-state index in [9.17, 15) is 4.79 Å². The van der Waals surface area contributed by atoms with E-state index in [-0.39, 0.29) is 0 Å². The summed E-state index contributed by atoms with van der Waals surface area (Å²) in [5, 5.41) is 3.89. The van der Waals surface area contributed by atoms with Gasteiger partial charge in [0.2, 0.25) is 0 Å². The van der Waals surface area contributed by atoms with Crippen LogP contribution in [0.25, 0.3) is 0 Å². The van der Waals surface area contributed by atoms with Crippen LogP contribution in [0, 0.1) is 5.92 Å². The zero-order chi connectivity index (χ0) is 16.9. The van der Waals surface area contributed by atoms with Crippen molar-refractivity contribution in [3.63, 3.8) is 0 Å². The summed E-state index contributed by atoms with van der Waals surface area (Å²) in [6.07, 6.45) is 1.07. The highest BCUT2D eigenvalue weighted by atomic mass is 35.5. The van der Waals surface area contributed by atoms with E-state index in [1.54, 1.807) is 18.2 Å². The number of amides is 1. The molecule has 2 atom stereocenters. The third-order valence-corrected chi connectivity index (χ3v) is 4.73. The first kappa shape index (κ1) is 16.8. The van der Waals surface area contributed by atoms with E-state index in [4.69, 9.17) is 22.1 Å². The molecule has 126 valence electrons. The summed E-state index contributed by atoms with van der Waals surface area (Å²) in [4.78, 5) is 11.6. The molecule has 0 radical (unpaired) electrons. The molecular weight excluding hydrogens is 324 g/mol. The monoisotopic (exact) mass is 344 g/mol. The van der Waals surface area contributed by atoms with Gasteiger partial charge in [-0.05, 0) is 42.6 Å². The highest BCUT2D eigenvalue weighted by Crippen LogP contribution is 2.31. The number of nitrogens with one attached hydrogen (secondary N) is 1. The third kappa shape index (κ3) is 3.89. The maximum Gasteiger partial charge on any atom is 0.252 e. The van der Waals surface area contributed by atoms with Gasteiger partial charge in [0.05, 0.1) is 12.2 Å². The second kappa shape index (κ2) is 7.69. The van der Waals surface area contributed by atoms with Crippen LogP contribution in [-0.4, -0.2) is 25.6 Å². The van der Waals surface area contributed by atoms with Crippen molar-refractivity contribution in [1.29, 1.82) is 0 Å². The fraction of sp³-hybridized carbons (Fsp3) is 0.316. The molecule has 2 aromatic rings. The summed E-state index contributed by atoms with van der Waals surface area (Å²) in [7, 11) is 0. The number of nitrogens with two attached hydrogens (primary N) is 1. The molecule has 1 aliphatic heterocycles. The minimum absolute atomic E-state index is 0.322. The number of hydrogen-bond donors (Lipinski definition) is 2. The number of hydrogen-bond acceptors (Lipinski definition) is 3. The molecule has 24 heavy (non-hydrogen) atoms. The van der Waals surface area contributed by atoms with E-state index in [1.807, 2.05) is 6.07 Å². The van der Waals surface area contributed by atoms with Gasteiger partial charge in [0, 0.05) is 17.5 Å². The van der Waals surface area contributed by atoms with E-state index >= 15 is 0 Å². The summed E-state index contributed by atoms with van der Waals surface area (Å²) in [5.41, 5.74) is 7.07. The zero-order valence-corrected chi connectivity index (χ0v) is 14.1. The number of ether oxygens (including phenoxy) is 1. The Bertz CT molecular complexity index is 706. The lowest BCUT2D eigenvalue weighted by Crippen LogP contribution is -2.38. The fourth-order valence-corrected chi connectivity index (χ4v) is 3.43. The molecule has 2 aromatic carbocycles. The molecule has 1 amide bonds. The van der Waals surface area contributed by atoms with Crippen molar-refractivity contribution in [3.05, 3.63) is 64.7 Å². The Morgan fingerprint density at radius 3 is 2.79 bits per heavy atom. The van der Waals surface area contributed by atoms with Gasteiger partial charge in [-0.15, -0.1) is 0 Å². The normalized spacial score (nSPS) is 20.5. The number of carbonyl (C=O) groups is 1. The van der Waals surface area contributed by atoms with Crippen molar-refractivity contribution in [1.82, 2.24) is 5.32 Å². The lowest BCUT2D eigenvalue weighted by Gasteiger charge is -2.32. The quantitative estimate of drug-likeness (QED) is 0.875. The van der Waals surface area contributed by atoms with Crippen LogP contribution in [0.3, 0.4) is 0 Å². The summed E-state index contributed by atoms with van der Waals surface area (Å²) < 4.78 is 5.95. The number of benzene rings is 2. The second-order valence-corrected chi connectivity index (χ2v) is 6.52. The predicted molar refractivity (Wildman–Crippen MR) is 95.6 cm³/mol. The molecule has 0 saturated carbocycles. The standard InChI is InChI=1S/C19H21ClN2O2/c20-15-6-7-18(17(10-15)19(21)23)24-12-14-11-22-9-8-16(14)13-4-2-1-3-5-13/h1-7,10,14,16,22H,8-9,11-12H2,(H2,21,23)/t14-,16-/m0/s1. The maximum absolute atomic E-state index is 11.6. The molecule has 1 aliphatic rings. The number of piperidine rings is 1. The summed E-state index contributed by atoms with van der Waals surface area (Å²) >= 11 is 5.94. The van der Waals surface area contributed by atoms with Gasteiger partial charge in [-0.25, -0.2) is 0 Å². The highest BCUT2D eigenvalue weighted by Gasteiger charge is 2.27. The molecule has 3 rings (SSSR count). The molecule has 0 aliphatic carbocycles.